The van der Waals surface area contributed by atoms with Gasteiger partial charge in [-0.1, -0.05) is 97.1 Å². The number of nitrogens with zero attached hydrogens (tertiary/aromatic N) is 2. The molecule has 0 fully saturated rings. The molecule has 34 heavy (non-hydrogen) atoms. The van der Waals surface area contributed by atoms with Gasteiger partial charge in [0.15, 0.2) is 0 Å². The summed E-state index contributed by atoms with van der Waals surface area (Å²) in [6.45, 7) is 0.669. The van der Waals surface area contributed by atoms with Crippen LogP contribution < -0.4 is 0 Å². The van der Waals surface area contributed by atoms with Gasteiger partial charge >= 0.3 is 0 Å². The minimum absolute atomic E-state index is 0.669. The molecule has 2 nitrogen and oxygen atoms in total. The zero-order valence-electron chi connectivity index (χ0n) is 18.8. The number of para-hydroxylation sites is 1. The van der Waals surface area contributed by atoms with Gasteiger partial charge in [0.2, 0.25) is 0 Å². The van der Waals surface area contributed by atoms with Crippen LogP contribution in [0, 0.1) is 0 Å². The highest BCUT2D eigenvalue weighted by Gasteiger charge is 2.13. The second kappa shape index (κ2) is 8.84. The van der Waals surface area contributed by atoms with Crippen molar-refractivity contribution in [1.82, 2.24) is 4.57 Å². The first-order valence-electron chi connectivity index (χ1n) is 11.6. The summed E-state index contributed by atoms with van der Waals surface area (Å²) in [6.07, 6.45) is 1.94. The zero-order chi connectivity index (χ0) is 22.7. The van der Waals surface area contributed by atoms with Crippen molar-refractivity contribution in [3.8, 4) is 16.8 Å². The fraction of sp³-hybridized carbons (Fsp3) is 0.0312. The number of aliphatic imine (C=N–C) groups is 1. The minimum Gasteiger partial charge on any atom is -0.309 e. The molecule has 0 unspecified atom stereocenters. The van der Waals surface area contributed by atoms with Crippen LogP contribution in [0.15, 0.2) is 132 Å². The fourth-order valence-electron chi connectivity index (χ4n) is 4.61. The number of hydrogen-bond donors (Lipinski definition) is 0. The lowest BCUT2D eigenvalue weighted by atomic mass is 10.0. The van der Waals surface area contributed by atoms with Crippen LogP contribution in [0.25, 0.3) is 38.6 Å². The van der Waals surface area contributed by atoms with Crippen LogP contribution in [-0.4, -0.2) is 10.8 Å². The predicted molar refractivity (Wildman–Crippen MR) is 144 cm³/mol. The summed E-state index contributed by atoms with van der Waals surface area (Å²) in [7, 11) is 0. The number of hydrogen-bond acceptors (Lipinski definition) is 1. The summed E-state index contributed by atoms with van der Waals surface area (Å²) in [5, 5.41) is 2.54. The molecule has 0 saturated carbocycles. The summed E-state index contributed by atoms with van der Waals surface area (Å²) in [4.78, 5) is 4.61. The Morgan fingerprint density at radius 3 is 2.03 bits per heavy atom. The molecule has 6 aromatic rings. The van der Waals surface area contributed by atoms with E-state index in [9.17, 15) is 0 Å². The largest absolute Gasteiger partial charge is 0.309 e. The van der Waals surface area contributed by atoms with Crippen molar-refractivity contribution in [1.29, 1.82) is 0 Å². The average molecular weight is 437 g/mol. The van der Waals surface area contributed by atoms with Crippen LogP contribution in [-0.2, 0) is 6.54 Å². The Balaban J connectivity index is 1.37. The van der Waals surface area contributed by atoms with E-state index in [1.807, 2.05) is 24.4 Å². The molecule has 1 aromatic heterocycles. The van der Waals surface area contributed by atoms with Crippen molar-refractivity contribution < 1.29 is 0 Å². The second-order valence-corrected chi connectivity index (χ2v) is 8.50. The highest BCUT2D eigenvalue weighted by molar-refractivity contribution is 6.10. The van der Waals surface area contributed by atoms with Crippen LogP contribution in [0.1, 0.15) is 11.1 Å². The molecule has 0 bridgehead atoms. The van der Waals surface area contributed by atoms with Crippen molar-refractivity contribution in [2.45, 2.75) is 6.54 Å². The van der Waals surface area contributed by atoms with E-state index in [1.165, 1.54) is 38.5 Å². The van der Waals surface area contributed by atoms with E-state index < -0.39 is 0 Å². The molecule has 0 aliphatic carbocycles. The van der Waals surface area contributed by atoms with Gasteiger partial charge in [0.1, 0.15) is 0 Å². The Kier molecular flexibility index (Phi) is 5.25. The lowest BCUT2D eigenvalue weighted by Gasteiger charge is -2.09. The van der Waals surface area contributed by atoms with Gasteiger partial charge in [-0.25, -0.2) is 0 Å². The number of fused-ring (bicyclic) bond motifs is 3. The monoisotopic (exact) mass is 436 g/mol. The molecule has 0 atom stereocenters. The van der Waals surface area contributed by atoms with Gasteiger partial charge in [-0.15, -0.1) is 0 Å². The van der Waals surface area contributed by atoms with Gasteiger partial charge in [-0.2, -0.15) is 0 Å². The third-order valence-electron chi connectivity index (χ3n) is 6.29. The maximum atomic E-state index is 4.61. The minimum atomic E-state index is 0.669. The van der Waals surface area contributed by atoms with E-state index in [1.54, 1.807) is 0 Å². The summed E-state index contributed by atoms with van der Waals surface area (Å²) in [5.41, 5.74) is 8.40. The third-order valence-corrected chi connectivity index (χ3v) is 6.29. The second-order valence-electron chi connectivity index (χ2n) is 8.50. The Bertz CT molecular complexity index is 1590. The number of rotatable bonds is 5. The molecule has 1 heterocycles. The first-order valence-corrected chi connectivity index (χ1v) is 11.6. The van der Waals surface area contributed by atoms with Crippen molar-refractivity contribution in [3.05, 3.63) is 139 Å². The van der Waals surface area contributed by atoms with Crippen LogP contribution in [0.3, 0.4) is 0 Å². The van der Waals surface area contributed by atoms with Crippen LogP contribution in [0.5, 0.6) is 0 Å². The van der Waals surface area contributed by atoms with Gasteiger partial charge in [0, 0.05) is 22.7 Å². The van der Waals surface area contributed by atoms with E-state index in [2.05, 4.69) is 119 Å². The highest BCUT2D eigenvalue weighted by atomic mass is 15.0. The van der Waals surface area contributed by atoms with Gasteiger partial charge in [-0.05, 0) is 52.6 Å². The fourth-order valence-corrected chi connectivity index (χ4v) is 4.61. The van der Waals surface area contributed by atoms with Crippen molar-refractivity contribution in [2.24, 2.45) is 4.99 Å². The lowest BCUT2D eigenvalue weighted by Crippen LogP contribution is -1.94. The Hall–Kier alpha value is -4.43. The van der Waals surface area contributed by atoms with Gasteiger partial charge in [0.25, 0.3) is 0 Å². The molecule has 5 aromatic carbocycles. The quantitative estimate of drug-likeness (QED) is 0.243. The van der Waals surface area contributed by atoms with Gasteiger partial charge < -0.3 is 4.57 Å². The maximum Gasteiger partial charge on any atom is 0.0640 e. The zero-order valence-corrected chi connectivity index (χ0v) is 18.8. The molecular weight excluding hydrogens is 412 g/mol. The van der Waals surface area contributed by atoms with E-state index in [0.717, 1.165) is 11.3 Å². The number of benzene rings is 5. The molecule has 0 spiro atoms. The predicted octanol–water partition coefficient (Wildman–Crippen LogP) is 8.07. The van der Waals surface area contributed by atoms with E-state index in [-0.39, 0.29) is 0 Å². The maximum absolute atomic E-state index is 4.61. The van der Waals surface area contributed by atoms with Crippen molar-refractivity contribution in [2.75, 3.05) is 0 Å². The molecule has 0 amide bonds. The van der Waals surface area contributed by atoms with Gasteiger partial charge in [0.05, 0.1) is 17.6 Å². The molecule has 0 aliphatic heterocycles. The Morgan fingerprint density at radius 1 is 0.559 bits per heavy atom. The summed E-state index contributed by atoms with van der Waals surface area (Å²) >= 11 is 0. The molecule has 0 radical (unpaired) electrons. The first-order chi connectivity index (χ1) is 16.9. The molecule has 0 N–H and O–H groups in total. The normalized spacial score (nSPS) is 11.5. The summed E-state index contributed by atoms with van der Waals surface area (Å²) in [6, 6.07) is 45.0. The average Bonchev–Trinajstić information content (AvgIpc) is 3.24. The lowest BCUT2D eigenvalue weighted by molar-refractivity contribution is 1.07. The van der Waals surface area contributed by atoms with Crippen LogP contribution in [0.4, 0.5) is 0 Å². The van der Waals surface area contributed by atoms with Crippen molar-refractivity contribution >= 4 is 28.0 Å². The number of aromatic nitrogens is 1. The standard InChI is InChI=1S/C32H24N2/c1-3-9-24(10-4-1)22-33-23-25-15-18-28(19-16-25)34-31-14-8-7-13-29(31)30-21-27(17-20-32(30)34)26-11-5-2-6-12-26/h1-22H,23H2/b33-22+. The van der Waals surface area contributed by atoms with Crippen LogP contribution in [0.2, 0.25) is 0 Å². The van der Waals surface area contributed by atoms with E-state index in [0.29, 0.717) is 6.54 Å². The molecule has 6 rings (SSSR count). The van der Waals surface area contributed by atoms with Crippen molar-refractivity contribution in [3.63, 3.8) is 0 Å². The molecule has 2 heteroatoms. The molecular formula is C32H24N2. The Morgan fingerprint density at radius 2 is 1.24 bits per heavy atom. The van der Waals surface area contributed by atoms with Gasteiger partial charge in [-0.3, -0.25) is 4.99 Å². The smallest absolute Gasteiger partial charge is 0.0640 e. The molecule has 0 saturated heterocycles. The highest BCUT2D eigenvalue weighted by Crippen LogP contribution is 2.34. The Labute approximate surface area is 199 Å². The first kappa shape index (κ1) is 20.2. The topological polar surface area (TPSA) is 17.3 Å². The summed E-state index contributed by atoms with van der Waals surface area (Å²) in [5.74, 6) is 0. The van der Waals surface area contributed by atoms with E-state index >= 15 is 0 Å². The van der Waals surface area contributed by atoms with Crippen LogP contribution >= 0.6 is 0 Å². The molecule has 162 valence electrons. The molecule has 0 aliphatic rings. The SMILES string of the molecule is C(=N\Cc1ccc(-n2c3ccccc3c3cc(-c4ccccc4)ccc32)cc1)/c1ccccc1. The third kappa shape index (κ3) is 3.80. The summed E-state index contributed by atoms with van der Waals surface area (Å²) < 4.78 is 2.36. The van der Waals surface area contributed by atoms with E-state index in [4.69, 9.17) is 0 Å².